The molecule has 0 saturated carbocycles. The number of fused-ring (bicyclic) bond motifs is 3. The van der Waals surface area contributed by atoms with Gasteiger partial charge in [0.15, 0.2) is 11.6 Å². The number of phenols is 1. The minimum atomic E-state index is -1.99. The summed E-state index contributed by atoms with van der Waals surface area (Å²) in [4.78, 5) is 50.6. The average molecular weight is 424 g/mol. The average Bonchev–Trinajstić information content (AvgIpc) is 2.70. The Morgan fingerprint density at radius 1 is 1.13 bits per heavy atom. The van der Waals surface area contributed by atoms with Crippen LogP contribution in [-0.2, 0) is 14.3 Å². The van der Waals surface area contributed by atoms with Gasteiger partial charge in [0.05, 0.1) is 24.4 Å². The Kier molecular flexibility index (Phi) is 4.79. The largest absolute Gasteiger partial charge is 0.507 e. The van der Waals surface area contributed by atoms with Crippen molar-refractivity contribution < 1.29 is 39.2 Å². The fraction of sp³-hybridized carbons (Fsp3) is 0.304. The number of ether oxygens (including phenoxy) is 1. The first-order chi connectivity index (χ1) is 14.6. The van der Waals surface area contributed by atoms with Crippen LogP contribution in [0, 0.1) is 0 Å². The molecule has 8 heteroatoms. The van der Waals surface area contributed by atoms with Crippen LogP contribution < -0.4 is 0 Å². The van der Waals surface area contributed by atoms with Gasteiger partial charge in [-0.3, -0.25) is 19.2 Å². The molecule has 0 bridgehead atoms. The molecule has 0 saturated heterocycles. The molecule has 3 atom stereocenters. The van der Waals surface area contributed by atoms with Gasteiger partial charge in [0, 0.05) is 35.1 Å². The molecule has 8 nitrogen and oxygen atoms in total. The van der Waals surface area contributed by atoms with E-state index in [1.807, 2.05) is 0 Å². The molecular weight excluding hydrogens is 404 g/mol. The van der Waals surface area contributed by atoms with E-state index in [2.05, 4.69) is 0 Å². The fourth-order valence-corrected chi connectivity index (χ4v) is 4.77. The van der Waals surface area contributed by atoms with E-state index in [9.17, 15) is 34.5 Å². The van der Waals surface area contributed by atoms with Crippen molar-refractivity contribution in [2.24, 2.45) is 0 Å². The Balaban J connectivity index is 2.01. The van der Waals surface area contributed by atoms with Crippen LogP contribution >= 0.6 is 0 Å². The van der Waals surface area contributed by atoms with Crippen molar-refractivity contribution >= 4 is 23.3 Å². The highest BCUT2D eigenvalue weighted by atomic mass is 16.5. The molecular formula is C23H20O8. The normalized spacial score (nSPS) is 24.1. The molecule has 31 heavy (non-hydrogen) atoms. The van der Waals surface area contributed by atoms with Crippen molar-refractivity contribution in [2.75, 3.05) is 7.11 Å². The van der Waals surface area contributed by atoms with Crippen molar-refractivity contribution in [1.82, 2.24) is 0 Å². The third-order valence-corrected chi connectivity index (χ3v) is 5.98. The Bertz CT molecular complexity index is 1160. The van der Waals surface area contributed by atoms with E-state index < -0.39 is 59.5 Å². The maximum Gasteiger partial charge on any atom is 0.316 e. The molecule has 0 amide bonds. The van der Waals surface area contributed by atoms with Gasteiger partial charge >= 0.3 is 5.97 Å². The lowest BCUT2D eigenvalue weighted by Crippen LogP contribution is -2.47. The maximum atomic E-state index is 13.1. The van der Waals surface area contributed by atoms with Crippen LogP contribution in [0.1, 0.15) is 74.8 Å². The van der Waals surface area contributed by atoms with Crippen LogP contribution in [0.3, 0.4) is 0 Å². The number of methoxy groups -OCH3 is 1. The number of esters is 1. The standard InChI is InChI=1S/C23H20O8/c1-10(24)8-23(30)9-15(25)16-13(18(23)22(29)31-2)7-14-17(21(16)28)20(27)12-6-4-3-5-11(12)19(14)26/h3-7,15,18,25,28,30H,8-9H2,1-2H3/t15-,18-,23+/m0/s1. The molecule has 2 aliphatic carbocycles. The number of benzene rings is 2. The predicted molar refractivity (Wildman–Crippen MR) is 106 cm³/mol. The Labute approximate surface area is 177 Å². The molecule has 160 valence electrons. The number of phenolic OH excluding ortho intramolecular Hbond substituents is 1. The summed E-state index contributed by atoms with van der Waals surface area (Å²) in [7, 11) is 1.10. The van der Waals surface area contributed by atoms with E-state index >= 15 is 0 Å². The van der Waals surface area contributed by atoms with Gasteiger partial charge in [-0.1, -0.05) is 24.3 Å². The summed E-state index contributed by atoms with van der Waals surface area (Å²) in [6.07, 6.45) is -2.37. The minimum absolute atomic E-state index is 0.0499. The van der Waals surface area contributed by atoms with Crippen LogP contribution in [0.15, 0.2) is 30.3 Å². The molecule has 2 aromatic rings. The summed E-state index contributed by atoms with van der Waals surface area (Å²) >= 11 is 0. The van der Waals surface area contributed by atoms with Gasteiger partial charge in [0.2, 0.25) is 0 Å². The van der Waals surface area contributed by atoms with E-state index in [1.54, 1.807) is 12.1 Å². The quantitative estimate of drug-likeness (QED) is 0.539. The van der Waals surface area contributed by atoms with Gasteiger partial charge in [-0.2, -0.15) is 0 Å². The SMILES string of the molecule is COC(=O)[C@@H]1c2cc3c(c(O)c2[C@@H](O)C[C@]1(O)CC(C)=O)C(=O)c1ccccc1C3=O. The number of rotatable bonds is 3. The van der Waals surface area contributed by atoms with Gasteiger partial charge in [0.25, 0.3) is 0 Å². The number of hydrogen-bond donors (Lipinski definition) is 3. The van der Waals surface area contributed by atoms with E-state index in [0.717, 1.165) is 7.11 Å². The molecule has 2 aliphatic rings. The second kappa shape index (κ2) is 7.11. The van der Waals surface area contributed by atoms with Crippen LogP contribution in [0.2, 0.25) is 0 Å². The third kappa shape index (κ3) is 2.98. The van der Waals surface area contributed by atoms with E-state index in [1.165, 1.54) is 25.1 Å². The van der Waals surface area contributed by atoms with Crippen molar-refractivity contribution in [3.05, 3.63) is 63.7 Å². The van der Waals surface area contributed by atoms with Crippen LogP contribution in [0.25, 0.3) is 0 Å². The fourth-order valence-electron chi connectivity index (χ4n) is 4.77. The number of carbonyl (C=O) groups excluding carboxylic acids is 4. The lowest BCUT2D eigenvalue weighted by atomic mass is 9.66. The lowest BCUT2D eigenvalue weighted by Gasteiger charge is -2.42. The minimum Gasteiger partial charge on any atom is -0.507 e. The molecule has 0 fully saturated rings. The van der Waals surface area contributed by atoms with Gasteiger partial charge in [-0.15, -0.1) is 0 Å². The van der Waals surface area contributed by atoms with Gasteiger partial charge in [-0.05, 0) is 18.6 Å². The second-order valence-electron chi connectivity index (χ2n) is 8.01. The highest BCUT2D eigenvalue weighted by Gasteiger charge is 2.52. The molecule has 0 aromatic heterocycles. The third-order valence-electron chi connectivity index (χ3n) is 5.98. The summed E-state index contributed by atoms with van der Waals surface area (Å²) < 4.78 is 4.82. The van der Waals surface area contributed by atoms with Crippen LogP contribution in [0.4, 0.5) is 0 Å². The molecule has 0 aliphatic heterocycles. The monoisotopic (exact) mass is 424 g/mol. The number of Topliss-reactive ketones (excluding diaryl/α,β-unsaturated/α-hetero) is 1. The topological polar surface area (TPSA) is 138 Å². The molecule has 4 rings (SSSR count). The highest BCUT2D eigenvalue weighted by Crippen LogP contribution is 2.51. The van der Waals surface area contributed by atoms with Gasteiger partial charge < -0.3 is 20.1 Å². The second-order valence-corrected chi connectivity index (χ2v) is 8.01. The molecule has 0 heterocycles. The first kappa shape index (κ1) is 20.9. The molecule has 0 spiro atoms. The summed E-state index contributed by atoms with van der Waals surface area (Å²) in [6, 6.07) is 7.37. The number of aromatic hydroxyl groups is 1. The summed E-state index contributed by atoms with van der Waals surface area (Å²) in [5.74, 6) is -4.51. The van der Waals surface area contributed by atoms with E-state index in [4.69, 9.17) is 4.74 Å². The van der Waals surface area contributed by atoms with Crippen LogP contribution in [0.5, 0.6) is 5.75 Å². The first-order valence-electron chi connectivity index (χ1n) is 9.66. The number of carbonyl (C=O) groups is 4. The van der Waals surface area contributed by atoms with Gasteiger partial charge in [0.1, 0.15) is 17.5 Å². The zero-order chi connectivity index (χ0) is 22.7. The number of hydrogen-bond acceptors (Lipinski definition) is 8. The maximum absolute atomic E-state index is 13.1. The van der Waals surface area contributed by atoms with E-state index in [-0.39, 0.29) is 33.4 Å². The Morgan fingerprint density at radius 3 is 2.32 bits per heavy atom. The number of aliphatic hydroxyl groups is 2. The first-order valence-corrected chi connectivity index (χ1v) is 9.66. The summed E-state index contributed by atoms with van der Waals surface area (Å²) in [6.45, 7) is 1.23. The summed E-state index contributed by atoms with van der Waals surface area (Å²) in [5, 5.41) is 32.9. The van der Waals surface area contributed by atoms with Crippen molar-refractivity contribution in [1.29, 1.82) is 0 Å². The zero-order valence-electron chi connectivity index (χ0n) is 16.8. The van der Waals surface area contributed by atoms with Gasteiger partial charge in [-0.25, -0.2) is 0 Å². The number of aliphatic hydroxyl groups excluding tert-OH is 1. The molecule has 3 N–H and O–H groups in total. The van der Waals surface area contributed by atoms with Crippen molar-refractivity contribution in [2.45, 2.75) is 37.4 Å². The van der Waals surface area contributed by atoms with Crippen LogP contribution in [-0.4, -0.2) is 51.3 Å². The van der Waals surface area contributed by atoms with Crippen molar-refractivity contribution in [3.8, 4) is 5.75 Å². The Hall–Kier alpha value is -3.36. The zero-order valence-corrected chi connectivity index (χ0v) is 16.8. The predicted octanol–water partition coefficient (Wildman–Crippen LogP) is 1.57. The number of ketones is 3. The smallest absolute Gasteiger partial charge is 0.316 e. The lowest BCUT2D eigenvalue weighted by molar-refractivity contribution is -0.154. The molecule has 0 radical (unpaired) electrons. The molecule has 2 aromatic carbocycles. The highest BCUT2D eigenvalue weighted by molar-refractivity contribution is 6.29. The summed E-state index contributed by atoms with van der Waals surface area (Å²) in [5.41, 5.74) is -2.32. The van der Waals surface area contributed by atoms with E-state index in [0.29, 0.717) is 0 Å². The molecule has 0 unspecified atom stereocenters. The Morgan fingerprint density at radius 2 is 1.74 bits per heavy atom. The van der Waals surface area contributed by atoms with Crippen molar-refractivity contribution in [3.63, 3.8) is 0 Å².